The summed E-state index contributed by atoms with van der Waals surface area (Å²) >= 11 is 0. The summed E-state index contributed by atoms with van der Waals surface area (Å²) in [6.07, 6.45) is 5.73. The third kappa shape index (κ3) is 1.50. The van der Waals surface area contributed by atoms with Crippen molar-refractivity contribution in [1.82, 2.24) is 4.90 Å². The molecule has 2 aliphatic heterocycles. The summed E-state index contributed by atoms with van der Waals surface area (Å²) in [7, 11) is 0. The Morgan fingerprint density at radius 2 is 1.53 bits per heavy atom. The van der Waals surface area contributed by atoms with Crippen LogP contribution in [0.5, 0.6) is 0 Å². The maximum Gasteiger partial charge on any atom is 0.0325 e. The summed E-state index contributed by atoms with van der Waals surface area (Å²) in [5.41, 5.74) is 1.48. The fraction of sp³-hybridized carbons (Fsp3) is 0.571. The first-order chi connectivity index (χ1) is 7.36. The van der Waals surface area contributed by atoms with Crippen LogP contribution in [0.15, 0.2) is 30.3 Å². The highest BCUT2D eigenvalue weighted by atomic mass is 15.3. The Kier molecular flexibility index (Phi) is 2.28. The lowest BCUT2D eigenvalue weighted by Crippen LogP contribution is -2.31. The maximum atomic E-state index is 2.76. The molecule has 0 amide bonds. The second kappa shape index (κ2) is 3.64. The van der Waals surface area contributed by atoms with Gasteiger partial charge in [0.15, 0.2) is 0 Å². The van der Waals surface area contributed by atoms with Gasteiger partial charge in [-0.05, 0) is 38.2 Å². The summed E-state index contributed by atoms with van der Waals surface area (Å²) in [5.74, 6) is 0. The van der Waals surface area contributed by atoms with Crippen molar-refractivity contribution in [2.45, 2.75) is 50.7 Å². The topological polar surface area (TPSA) is 3.24 Å². The van der Waals surface area contributed by atoms with Crippen LogP contribution in [0.4, 0.5) is 0 Å². The molecule has 1 aromatic carbocycles. The van der Waals surface area contributed by atoms with Crippen molar-refractivity contribution in [3.63, 3.8) is 0 Å². The van der Waals surface area contributed by atoms with Crippen LogP contribution in [-0.4, -0.2) is 17.0 Å². The van der Waals surface area contributed by atoms with Gasteiger partial charge in [-0.3, -0.25) is 4.90 Å². The number of benzene rings is 1. The summed E-state index contributed by atoms with van der Waals surface area (Å²) in [6, 6.07) is 13.3. The van der Waals surface area contributed by atoms with E-state index in [2.05, 4.69) is 42.2 Å². The van der Waals surface area contributed by atoms with Gasteiger partial charge >= 0.3 is 0 Å². The number of nitrogens with zero attached hydrogens (tertiary/aromatic N) is 1. The van der Waals surface area contributed by atoms with Crippen molar-refractivity contribution < 1.29 is 0 Å². The molecule has 1 atom stereocenters. The third-order valence-corrected chi connectivity index (χ3v) is 4.24. The third-order valence-electron chi connectivity index (χ3n) is 4.24. The van der Waals surface area contributed by atoms with E-state index in [1.54, 1.807) is 0 Å². The standard InChI is InChI=1S/C14H19N/c1-11(12-5-3-2-4-6-12)15-13-7-8-14(15)10-9-13/h2-6,11,13-14H,7-10H2,1H3/t11-,13?,14?/m1/s1. The molecular formula is C14H19N. The number of hydrogen-bond acceptors (Lipinski definition) is 1. The Hall–Kier alpha value is -0.820. The largest absolute Gasteiger partial charge is 0.291 e. The molecule has 2 fully saturated rings. The van der Waals surface area contributed by atoms with Crippen LogP contribution in [-0.2, 0) is 0 Å². The molecule has 0 radical (unpaired) electrons. The van der Waals surface area contributed by atoms with Gasteiger partial charge in [-0.15, -0.1) is 0 Å². The van der Waals surface area contributed by atoms with Crippen molar-refractivity contribution in [2.75, 3.05) is 0 Å². The Morgan fingerprint density at radius 1 is 1.00 bits per heavy atom. The summed E-state index contributed by atoms with van der Waals surface area (Å²) in [6.45, 7) is 2.37. The average molecular weight is 201 g/mol. The summed E-state index contributed by atoms with van der Waals surface area (Å²) in [5, 5.41) is 0. The van der Waals surface area contributed by atoms with Crippen molar-refractivity contribution in [3.05, 3.63) is 35.9 Å². The molecule has 1 aromatic rings. The smallest absolute Gasteiger partial charge is 0.0325 e. The van der Waals surface area contributed by atoms with E-state index in [1.165, 1.54) is 31.2 Å². The van der Waals surface area contributed by atoms with Gasteiger partial charge in [-0.1, -0.05) is 30.3 Å². The van der Waals surface area contributed by atoms with E-state index < -0.39 is 0 Å². The van der Waals surface area contributed by atoms with Crippen LogP contribution in [0.3, 0.4) is 0 Å². The molecule has 0 N–H and O–H groups in total. The predicted octanol–water partition coefficient (Wildman–Crippen LogP) is 3.37. The van der Waals surface area contributed by atoms with Crippen LogP contribution in [0.25, 0.3) is 0 Å². The Bertz CT molecular complexity index is 312. The van der Waals surface area contributed by atoms with E-state index in [1.807, 2.05) is 0 Å². The lowest BCUT2D eigenvalue weighted by atomic mass is 10.0. The molecule has 1 heteroatoms. The molecular weight excluding hydrogens is 182 g/mol. The monoisotopic (exact) mass is 201 g/mol. The molecule has 0 saturated carbocycles. The quantitative estimate of drug-likeness (QED) is 0.709. The second-order valence-corrected chi connectivity index (χ2v) is 5.00. The van der Waals surface area contributed by atoms with E-state index in [4.69, 9.17) is 0 Å². The van der Waals surface area contributed by atoms with Crippen molar-refractivity contribution in [3.8, 4) is 0 Å². The molecule has 0 aromatic heterocycles. The first-order valence-corrected chi connectivity index (χ1v) is 6.18. The van der Waals surface area contributed by atoms with Gasteiger partial charge in [-0.25, -0.2) is 0 Å². The normalized spacial score (nSPS) is 32.1. The van der Waals surface area contributed by atoms with E-state index in [0.29, 0.717) is 6.04 Å². The molecule has 2 saturated heterocycles. The van der Waals surface area contributed by atoms with Crippen molar-refractivity contribution in [2.24, 2.45) is 0 Å². The highest BCUT2D eigenvalue weighted by molar-refractivity contribution is 5.19. The van der Waals surface area contributed by atoms with Crippen molar-refractivity contribution >= 4 is 0 Å². The van der Waals surface area contributed by atoms with Crippen LogP contribution in [0.1, 0.15) is 44.2 Å². The van der Waals surface area contributed by atoms with Gasteiger partial charge < -0.3 is 0 Å². The molecule has 0 aliphatic carbocycles. The summed E-state index contributed by atoms with van der Waals surface area (Å²) < 4.78 is 0. The fourth-order valence-electron chi connectivity index (χ4n) is 3.49. The van der Waals surface area contributed by atoms with Gasteiger partial charge in [0.25, 0.3) is 0 Å². The van der Waals surface area contributed by atoms with E-state index >= 15 is 0 Å². The predicted molar refractivity (Wildman–Crippen MR) is 62.7 cm³/mol. The van der Waals surface area contributed by atoms with Gasteiger partial charge in [0.1, 0.15) is 0 Å². The zero-order chi connectivity index (χ0) is 10.3. The number of fused-ring (bicyclic) bond motifs is 2. The average Bonchev–Trinajstić information content (AvgIpc) is 2.89. The second-order valence-electron chi connectivity index (χ2n) is 5.00. The van der Waals surface area contributed by atoms with E-state index in [0.717, 1.165) is 12.1 Å². The highest BCUT2D eigenvalue weighted by Gasteiger charge is 2.41. The Morgan fingerprint density at radius 3 is 2.07 bits per heavy atom. The minimum atomic E-state index is 0.617. The SMILES string of the molecule is C[C@H](c1ccccc1)N1C2CCC1CC2. The minimum absolute atomic E-state index is 0.617. The van der Waals surface area contributed by atoms with Gasteiger partial charge in [-0.2, -0.15) is 0 Å². The molecule has 80 valence electrons. The Labute approximate surface area is 92.1 Å². The molecule has 2 aliphatic rings. The highest BCUT2D eigenvalue weighted by Crippen LogP contribution is 2.42. The zero-order valence-electron chi connectivity index (χ0n) is 9.39. The van der Waals surface area contributed by atoms with Crippen LogP contribution in [0.2, 0.25) is 0 Å². The zero-order valence-corrected chi connectivity index (χ0v) is 9.39. The fourth-order valence-corrected chi connectivity index (χ4v) is 3.49. The molecule has 3 rings (SSSR count). The molecule has 0 spiro atoms. The van der Waals surface area contributed by atoms with Crippen LogP contribution < -0.4 is 0 Å². The minimum Gasteiger partial charge on any atom is -0.291 e. The van der Waals surface area contributed by atoms with Crippen LogP contribution in [0, 0.1) is 0 Å². The van der Waals surface area contributed by atoms with Gasteiger partial charge in [0.05, 0.1) is 0 Å². The maximum absolute atomic E-state index is 2.76. The lowest BCUT2D eigenvalue weighted by molar-refractivity contribution is 0.189. The number of hydrogen-bond donors (Lipinski definition) is 0. The Balaban J connectivity index is 1.83. The van der Waals surface area contributed by atoms with E-state index in [9.17, 15) is 0 Å². The molecule has 15 heavy (non-hydrogen) atoms. The van der Waals surface area contributed by atoms with Crippen molar-refractivity contribution in [1.29, 1.82) is 0 Å². The van der Waals surface area contributed by atoms with Gasteiger partial charge in [0, 0.05) is 18.1 Å². The molecule has 2 heterocycles. The molecule has 2 bridgehead atoms. The number of rotatable bonds is 2. The molecule has 1 nitrogen and oxygen atoms in total. The van der Waals surface area contributed by atoms with Crippen LogP contribution >= 0.6 is 0 Å². The lowest BCUT2D eigenvalue weighted by Gasteiger charge is -2.29. The summed E-state index contributed by atoms with van der Waals surface area (Å²) in [4.78, 5) is 2.76. The van der Waals surface area contributed by atoms with Gasteiger partial charge in [0.2, 0.25) is 0 Å². The first kappa shape index (κ1) is 9.41. The van der Waals surface area contributed by atoms with E-state index in [-0.39, 0.29) is 0 Å². The first-order valence-electron chi connectivity index (χ1n) is 6.18. The molecule has 0 unspecified atom stereocenters.